The van der Waals surface area contributed by atoms with Crippen molar-refractivity contribution in [2.24, 2.45) is 5.92 Å². The van der Waals surface area contributed by atoms with Crippen molar-refractivity contribution in [3.63, 3.8) is 0 Å². The minimum absolute atomic E-state index is 0.00294. The van der Waals surface area contributed by atoms with Gasteiger partial charge in [-0.2, -0.15) is 0 Å². The number of amides is 1. The Balaban J connectivity index is 2.49. The molecule has 0 aromatic carbocycles. The molecule has 3 unspecified atom stereocenters. The van der Waals surface area contributed by atoms with Gasteiger partial charge in [-0.25, -0.2) is 0 Å². The third kappa shape index (κ3) is 4.77. The van der Waals surface area contributed by atoms with Gasteiger partial charge < -0.3 is 10.6 Å². The summed E-state index contributed by atoms with van der Waals surface area (Å²) in [7, 11) is 0. The number of carbonyl (C=O) groups excluding carboxylic acids is 1. The molecule has 1 fully saturated rings. The first-order valence-corrected chi connectivity index (χ1v) is 7.89. The van der Waals surface area contributed by atoms with E-state index in [9.17, 15) is 4.79 Å². The zero-order chi connectivity index (χ0) is 14.3. The van der Waals surface area contributed by atoms with E-state index >= 15 is 0 Å². The number of carbonyl (C=O) groups is 1. The van der Waals surface area contributed by atoms with E-state index in [1.807, 2.05) is 6.92 Å². The lowest BCUT2D eigenvalue weighted by molar-refractivity contribution is -0.126. The maximum atomic E-state index is 12.0. The minimum atomic E-state index is 0.00294. The van der Waals surface area contributed by atoms with Crippen molar-refractivity contribution in [1.82, 2.24) is 15.5 Å². The van der Waals surface area contributed by atoms with Crippen LogP contribution in [0.25, 0.3) is 0 Å². The van der Waals surface area contributed by atoms with Gasteiger partial charge in [0.25, 0.3) is 0 Å². The van der Waals surface area contributed by atoms with E-state index in [0.717, 1.165) is 39.0 Å². The molecular formula is C15H31N3O. The quantitative estimate of drug-likeness (QED) is 0.738. The van der Waals surface area contributed by atoms with Crippen LogP contribution in [-0.2, 0) is 4.79 Å². The van der Waals surface area contributed by atoms with Gasteiger partial charge in [-0.1, -0.05) is 27.2 Å². The topological polar surface area (TPSA) is 44.4 Å². The molecule has 0 aliphatic carbocycles. The number of rotatable bonds is 7. The summed E-state index contributed by atoms with van der Waals surface area (Å²) >= 11 is 0. The second kappa shape index (κ2) is 8.54. The highest BCUT2D eigenvalue weighted by molar-refractivity contribution is 5.81. The molecule has 1 rings (SSSR count). The summed E-state index contributed by atoms with van der Waals surface area (Å²) in [5, 5.41) is 6.58. The lowest BCUT2D eigenvalue weighted by Gasteiger charge is -2.41. The average Bonchev–Trinajstić information content (AvgIpc) is 2.44. The summed E-state index contributed by atoms with van der Waals surface area (Å²) in [5.41, 5.74) is 0. The Hall–Kier alpha value is -0.610. The zero-order valence-electron chi connectivity index (χ0n) is 13.0. The van der Waals surface area contributed by atoms with Gasteiger partial charge in [0.2, 0.25) is 5.91 Å². The lowest BCUT2D eigenvalue weighted by Crippen LogP contribution is -2.54. The van der Waals surface area contributed by atoms with E-state index in [4.69, 9.17) is 0 Å². The molecule has 3 atom stereocenters. The predicted molar refractivity (Wildman–Crippen MR) is 80.2 cm³/mol. The minimum Gasteiger partial charge on any atom is -0.355 e. The average molecular weight is 269 g/mol. The van der Waals surface area contributed by atoms with Crippen LogP contribution in [0.2, 0.25) is 0 Å². The summed E-state index contributed by atoms with van der Waals surface area (Å²) in [4.78, 5) is 14.4. The van der Waals surface area contributed by atoms with Crippen molar-refractivity contribution in [1.29, 1.82) is 0 Å². The van der Waals surface area contributed by atoms with Crippen LogP contribution >= 0.6 is 0 Å². The first-order valence-electron chi connectivity index (χ1n) is 7.89. The highest BCUT2D eigenvalue weighted by Gasteiger charge is 2.31. The van der Waals surface area contributed by atoms with Crippen LogP contribution in [0.3, 0.4) is 0 Å². The molecule has 0 aromatic rings. The molecule has 1 aliphatic heterocycles. The molecule has 0 radical (unpaired) electrons. The Labute approximate surface area is 118 Å². The van der Waals surface area contributed by atoms with Crippen LogP contribution in [0.1, 0.15) is 47.0 Å². The molecule has 0 aromatic heterocycles. The number of hydrogen-bond donors (Lipinski definition) is 2. The Morgan fingerprint density at radius 3 is 2.68 bits per heavy atom. The van der Waals surface area contributed by atoms with Crippen LogP contribution in [0.15, 0.2) is 0 Å². The molecule has 1 aliphatic rings. The fourth-order valence-corrected chi connectivity index (χ4v) is 2.92. The molecule has 19 heavy (non-hydrogen) atoms. The lowest BCUT2D eigenvalue weighted by atomic mass is 9.89. The molecule has 0 spiro atoms. The second-order valence-electron chi connectivity index (χ2n) is 5.58. The van der Waals surface area contributed by atoms with E-state index < -0.39 is 0 Å². The molecule has 1 saturated heterocycles. The van der Waals surface area contributed by atoms with Crippen molar-refractivity contribution < 1.29 is 4.79 Å². The van der Waals surface area contributed by atoms with Gasteiger partial charge in [-0.15, -0.1) is 0 Å². The van der Waals surface area contributed by atoms with Gasteiger partial charge in [0.15, 0.2) is 0 Å². The number of piperidine rings is 1. The Morgan fingerprint density at radius 2 is 2.11 bits per heavy atom. The van der Waals surface area contributed by atoms with Crippen molar-refractivity contribution in [3.05, 3.63) is 0 Å². The van der Waals surface area contributed by atoms with Gasteiger partial charge in [0, 0.05) is 25.7 Å². The van der Waals surface area contributed by atoms with Crippen molar-refractivity contribution >= 4 is 5.91 Å². The summed E-state index contributed by atoms with van der Waals surface area (Å²) in [5.74, 6) is 0.841. The molecule has 0 saturated carbocycles. The first-order chi connectivity index (χ1) is 9.13. The van der Waals surface area contributed by atoms with Gasteiger partial charge in [0.1, 0.15) is 0 Å². The zero-order valence-corrected chi connectivity index (χ0v) is 13.0. The number of nitrogens with one attached hydrogen (secondary N) is 2. The number of likely N-dealkylation sites (tertiary alicyclic amines) is 1. The fourth-order valence-electron chi connectivity index (χ4n) is 2.92. The molecular weight excluding hydrogens is 238 g/mol. The van der Waals surface area contributed by atoms with Gasteiger partial charge in [0.05, 0.1) is 6.04 Å². The Morgan fingerprint density at radius 1 is 1.37 bits per heavy atom. The van der Waals surface area contributed by atoms with Gasteiger partial charge in [-0.3, -0.25) is 9.69 Å². The van der Waals surface area contributed by atoms with Crippen molar-refractivity contribution in [3.8, 4) is 0 Å². The third-order valence-corrected chi connectivity index (χ3v) is 4.23. The second-order valence-corrected chi connectivity index (χ2v) is 5.58. The normalized spacial score (nSPS) is 26.1. The van der Waals surface area contributed by atoms with Crippen LogP contribution in [0, 0.1) is 5.92 Å². The molecule has 1 heterocycles. The largest absolute Gasteiger partial charge is 0.355 e. The number of nitrogens with zero attached hydrogens (tertiary/aromatic N) is 1. The SMILES string of the molecule is CCCNC(=O)C(C)N1CCC(NCC)C(CC)C1. The predicted octanol–water partition coefficient (Wildman–Crippen LogP) is 1.61. The van der Waals surface area contributed by atoms with E-state index in [1.54, 1.807) is 0 Å². The summed E-state index contributed by atoms with van der Waals surface area (Å²) in [6.07, 6.45) is 3.33. The van der Waals surface area contributed by atoms with E-state index in [-0.39, 0.29) is 11.9 Å². The fraction of sp³-hybridized carbons (Fsp3) is 0.933. The molecule has 4 heteroatoms. The number of hydrogen-bond acceptors (Lipinski definition) is 3. The Bertz CT molecular complexity index is 270. The molecule has 112 valence electrons. The summed E-state index contributed by atoms with van der Waals surface area (Å²) in [6, 6.07) is 0.625. The van der Waals surface area contributed by atoms with Crippen LogP contribution in [0.5, 0.6) is 0 Å². The van der Waals surface area contributed by atoms with E-state index in [1.165, 1.54) is 6.42 Å². The molecule has 4 nitrogen and oxygen atoms in total. The monoisotopic (exact) mass is 269 g/mol. The maximum Gasteiger partial charge on any atom is 0.237 e. The van der Waals surface area contributed by atoms with Crippen molar-refractivity contribution in [2.45, 2.75) is 59.0 Å². The smallest absolute Gasteiger partial charge is 0.237 e. The van der Waals surface area contributed by atoms with Gasteiger partial charge >= 0.3 is 0 Å². The molecule has 2 N–H and O–H groups in total. The highest BCUT2D eigenvalue weighted by Crippen LogP contribution is 2.21. The van der Waals surface area contributed by atoms with Crippen LogP contribution in [0.4, 0.5) is 0 Å². The third-order valence-electron chi connectivity index (χ3n) is 4.23. The maximum absolute atomic E-state index is 12.0. The highest BCUT2D eigenvalue weighted by atomic mass is 16.2. The van der Waals surface area contributed by atoms with E-state index in [0.29, 0.717) is 12.0 Å². The summed E-state index contributed by atoms with van der Waals surface area (Å²) < 4.78 is 0. The molecule has 1 amide bonds. The summed E-state index contributed by atoms with van der Waals surface area (Å²) in [6.45, 7) is 12.4. The van der Waals surface area contributed by atoms with E-state index in [2.05, 4.69) is 36.3 Å². The van der Waals surface area contributed by atoms with Gasteiger partial charge in [-0.05, 0) is 32.2 Å². The van der Waals surface area contributed by atoms with Crippen LogP contribution < -0.4 is 10.6 Å². The van der Waals surface area contributed by atoms with Crippen molar-refractivity contribution in [2.75, 3.05) is 26.2 Å². The Kier molecular flexibility index (Phi) is 7.39. The first kappa shape index (κ1) is 16.4. The standard InChI is InChI=1S/C15H31N3O/c1-5-9-17-15(19)12(4)18-10-8-14(16-7-3)13(6-2)11-18/h12-14,16H,5-11H2,1-4H3,(H,17,19). The van der Waals surface area contributed by atoms with Crippen LogP contribution in [-0.4, -0.2) is 49.1 Å². The molecule has 0 bridgehead atoms.